The molecular formula is C17H22N2O3. The number of likely N-dealkylation sites (tertiary alicyclic amines) is 1. The zero-order valence-electron chi connectivity index (χ0n) is 13.1. The number of benzene rings is 1. The van der Waals surface area contributed by atoms with Gasteiger partial charge in [0.2, 0.25) is 5.91 Å². The van der Waals surface area contributed by atoms with Crippen LogP contribution >= 0.6 is 0 Å². The Morgan fingerprint density at radius 2 is 2.09 bits per heavy atom. The molecule has 0 aromatic heterocycles. The molecule has 0 spiro atoms. The number of rotatable bonds is 3. The van der Waals surface area contributed by atoms with Gasteiger partial charge in [-0.2, -0.15) is 5.06 Å². The second-order valence-corrected chi connectivity index (χ2v) is 6.49. The highest BCUT2D eigenvalue weighted by molar-refractivity contribution is 5.83. The number of amides is 1. The fourth-order valence-electron chi connectivity index (χ4n) is 4.23. The molecule has 1 aromatic rings. The molecule has 22 heavy (non-hydrogen) atoms. The van der Waals surface area contributed by atoms with E-state index in [4.69, 9.17) is 9.57 Å². The number of methoxy groups -OCH3 is 1. The third-order valence-corrected chi connectivity index (χ3v) is 5.26. The van der Waals surface area contributed by atoms with Crippen molar-refractivity contribution in [2.75, 3.05) is 13.7 Å². The molecule has 0 aliphatic carbocycles. The van der Waals surface area contributed by atoms with Gasteiger partial charge >= 0.3 is 0 Å². The normalized spacial score (nSPS) is 34.1. The van der Waals surface area contributed by atoms with Gasteiger partial charge in [-0.3, -0.25) is 9.63 Å². The summed E-state index contributed by atoms with van der Waals surface area (Å²) < 4.78 is 5.20. The van der Waals surface area contributed by atoms with E-state index >= 15 is 0 Å². The maximum Gasteiger partial charge on any atom is 0.230 e. The topological polar surface area (TPSA) is 42.0 Å². The lowest BCUT2D eigenvalue weighted by molar-refractivity contribution is -0.183. The molecule has 0 bridgehead atoms. The zero-order valence-corrected chi connectivity index (χ0v) is 13.1. The van der Waals surface area contributed by atoms with Crippen molar-refractivity contribution >= 4 is 5.91 Å². The predicted molar refractivity (Wildman–Crippen MR) is 81.1 cm³/mol. The quantitative estimate of drug-likeness (QED) is 0.854. The molecule has 3 aliphatic heterocycles. The molecule has 3 aliphatic rings. The summed E-state index contributed by atoms with van der Waals surface area (Å²) >= 11 is 0. The number of hydroxylamine groups is 2. The van der Waals surface area contributed by atoms with Crippen LogP contribution in [0.3, 0.4) is 0 Å². The summed E-state index contributed by atoms with van der Waals surface area (Å²) in [6.07, 6.45) is 2.17. The second kappa shape index (κ2) is 5.25. The first-order valence-corrected chi connectivity index (χ1v) is 8.06. The smallest absolute Gasteiger partial charge is 0.230 e. The summed E-state index contributed by atoms with van der Waals surface area (Å²) in [5, 5.41) is 2.06. The van der Waals surface area contributed by atoms with Crippen molar-refractivity contribution in [2.24, 2.45) is 5.92 Å². The molecule has 0 radical (unpaired) electrons. The largest absolute Gasteiger partial charge is 0.497 e. The molecule has 1 amide bonds. The molecule has 0 N–H and O–H groups in total. The van der Waals surface area contributed by atoms with Gasteiger partial charge in [0.25, 0.3) is 0 Å². The van der Waals surface area contributed by atoms with Gasteiger partial charge in [-0.1, -0.05) is 12.1 Å². The lowest BCUT2D eigenvalue weighted by atomic mass is 9.90. The Bertz CT molecular complexity index is 574. The molecule has 3 fully saturated rings. The minimum absolute atomic E-state index is 0.000956. The molecule has 1 aromatic carbocycles. The van der Waals surface area contributed by atoms with Crippen LogP contribution in [0.25, 0.3) is 0 Å². The number of piperidine rings is 1. The predicted octanol–water partition coefficient (Wildman–Crippen LogP) is 1.82. The summed E-state index contributed by atoms with van der Waals surface area (Å²) in [7, 11) is 1.66. The van der Waals surface area contributed by atoms with E-state index in [1.54, 1.807) is 7.11 Å². The number of hydrogen-bond acceptors (Lipinski definition) is 4. The van der Waals surface area contributed by atoms with Gasteiger partial charge < -0.3 is 9.64 Å². The van der Waals surface area contributed by atoms with Crippen molar-refractivity contribution in [3.05, 3.63) is 29.8 Å². The summed E-state index contributed by atoms with van der Waals surface area (Å²) in [4.78, 5) is 20.8. The van der Waals surface area contributed by atoms with E-state index < -0.39 is 0 Å². The van der Waals surface area contributed by atoms with Crippen LogP contribution in [0.5, 0.6) is 5.75 Å². The maximum atomic E-state index is 12.9. The van der Waals surface area contributed by atoms with Crippen LogP contribution < -0.4 is 4.74 Å². The number of hydrogen-bond donors (Lipinski definition) is 0. The molecule has 5 nitrogen and oxygen atoms in total. The molecule has 4 atom stereocenters. The minimum Gasteiger partial charge on any atom is -0.497 e. The first kappa shape index (κ1) is 14.0. The number of nitrogens with zero attached hydrogens (tertiary/aromatic N) is 2. The molecule has 0 saturated carbocycles. The van der Waals surface area contributed by atoms with Crippen molar-refractivity contribution in [1.29, 1.82) is 0 Å². The van der Waals surface area contributed by atoms with Crippen molar-refractivity contribution in [1.82, 2.24) is 9.96 Å². The fraction of sp³-hybridized carbons (Fsp3) is 0.588. The van der Waals surface area contributed by atoms with Crippen LogP contribution in [0, 0.1) is 5.92 Å². The van der Waals surface area contributed by atoms with Crippen LogP contribution in [0.2, 0.25) is 0 Å². The fourth-order valence-corrected chi connectivity index (χ4v) is 4.23. The lowest BCUT2D eigenvalue weighted by Crippen LogP contribution is -2.47. The van der Waals surface area contributed by atoms with E-state index in [0.29, 0.717) is 12.6 Å². The van der Waals surface area contributed by atoms with Gasteiger partial charge in [-0.05, 0) is 37.5 Å². The van der Waals surface area contributed by atoms with E-state index in [9.17, 15) is 4.79 Å². The molecule has 118 valence electrons. The first-order chi connectivity index (χ1) is 10.7. The third-order valence-electron chi connectivity index (χ3n) is 5.26. The van der Waals surface area contributed by atoms with Crippen LogP contribution in [0.1, 0.15) is 25.3 Å². The highest BCUT2D eigenvalue weighted by Crippen LogP contribution is 2.43. The number of ether oxygens (including phenoxy) is 1. The SMILES string of the molecule is COc1ccc(CN2C(=O)[C@H]3[C@H]4[C@@H]2CCCN4O[C@@H]3C)cc1. The molecular weight excluding hydrogens is 280 g/mol. The highest BCUT2D eigenvalue weighted by atomic mass is 16.7. The van der Waals surface area contributed by atoms with Gasteiger partial charge in [0.05, 0.1) is 31.2 Å². The van der Waals surface area contributed by atoms with E-state index in [1.807, 2.05) is 31.2 Å². The summed E-state index contributed by atoms with van der Waals surface area (Å²) in [6.45, 7) is 3.65. The van der Waals surface area contributed by atoms with E-state index in [0.717, 1.165) is 30.7 Å². The zero-order chi connectivity index (χ0) is 15.3. The average molecular weight is 302 g/mol. The van der Waals surface area contributed by atoms with E-state index in [-0.39, 0.29) is 24.0 Å². The Balaban J connectivity index is 1.57. The van der Waals surface area contributed by atoms with Gasteiger partial charge in [0, 0.05) is 13.1 Å². The van der Waals surface area contributed by atoms with Crippen LogP contribution in [0.15, 0.2) is 24.3 Å². The van der Waals surface area contributed by atoms with Crippen molar-refractivity contribution in [2.45, 2.75) is 44.5 Å². The summed E-state index contributed by atoms with van der Waals surface area (Å²) in [5.41, 5.74) is 1.15. The van der Waals surface area contributed by atoms with Gasteiger partial charge in [0.1, 0.15) is 5.75 Å². The van der Waals surface area contributed by atoms with E-state index in [2.05, 4.69) is 9.96 Å². The van der Waals surface area contributed by atoms with E-state index in [1.165, 1.54) is 0 Å². The number of carbonyl (C=O) groups excluding carboxylic acids is 1. The van der Waals surface area contributed by atoms with Crippen LogP contribution in [-0.2, 0) is 16.2 Å². The molecule has 3 saturated heterocycles. The van der Waals surface area contributed by atoms with Gasteiger partial charge in [-0.25, -0.2) is 0 Å². The van der Waals surface area contributed by atoms with Gasteiger partial charge in [-0.15, -0.1) is 0 Å². The third kappa shape index (κ3) is 2.03. The Labute approximate surface area is 130 Å². The minimum atomic E-state index is -0.000956. The number of carbonyl (C=O) groups is 1. The summed E-state index contributed by atoms with van der Waals surface area (Å²) in [6, 6.07) is 8.53. The molecule has 3 heterocycles. The Morgan fingerprint density at radius 1 is 1.32 bits per heavy atom. The van der Waals surface area contributed by atoms with Crippen LogP contribution in [0.4, 0.5) is 0 Å². The maximum absolute atomic E-state index is 12.9. The van der Waals surface area contributed by atoms with Crippen molar-refractivity contribution < 1.29 is 14.4 Å². The molecule has 0 unspecified atom stereocenters. The Morgan fingerprint density at radius 3 is 2.82 bits per heavy atom. The molecule has 4 rings (SSSR count). The Hall–Kier alpha value is -1.59. The van der Waals surface area contributed by atoms with Gasteiger partial charge in [0.15, 0.2) is 0 Å². The van der Waals surface area contributed by atoms with Crippen molar-refractivity contribution in [3.63, 3.8) is 0 Å². The first-order valence-electron chi connectivity index (χ1n) is 8.06. The lowest BCUT2D eigenvalue weighted by Gasteiger charge is -2.36. The monoisotopic (exact) mass is 302 g/mol. The Kier molecular flexibility index (Phi) is 3.35. The van der Waals surface area contributed by atoms with Crippen LogP contribution in [-0.4, -0.2) is 47.7 Å². The average Bonchev–Trinajstić information content (AvgIpc) is 3.02. The summed E-state index contributed by atoms with van der Waals surface area (Å²) in [5.74, 6) is 1.10. The standard InChI is InChI=1S/C17H22N2O3/c1-11-15-16-14(4-3-9-19(16)22-11)18(17(15)20)10-12-5-7-13(21-2)8-6-12/h5-8,11,14-16H,3-4,9-10H2,1-2H3/t11-,14+,15-,16-/m1/s1. The van der Waals surface area contributed by atoms with Crippen molar-refractivity contribution in [3.8, 4) is 5.75 Å². The highest BCUT2D eigenvalue weighted by Gasteiger charge is 2.58. The second-order valence-electron chi connectivity index (χ2n) is 6.49. The molecule has 5 heteroatoms.